The maximum atomic E-state index is 6.22. The normalized spacial score (nSPS) is 12.2. The summed E-state index contributed by atoms with van der Waals surface area (Å²) in [7, 11) is 1.61. The SMILES string of the molecule is CCOc1ccc(-c2cc(-c3ccc4c(c3)OCO4)nc3ncnc(N)c23)cc1OC. The van der Waals surface area contributed by atoms with Gasteiger partial charge in [-0.05, 0) is 54.4 Å². The first-order chi connectivity index (χ1) is 15.2. The molecule has 0 radical (unpaired) electrons. The second kappa shape index (κ2) is 7.64. The van der Waals surface area contributed by atoms with Gasteiger partial charge < -0.3 is 24.7 Å². The minimum Gasteiger partial charge on any atom is -0.493 e. The molecule has 0 unspecified atom stereocenters. The Morgan fingerprint density at radius 3 is 2.65 bits per heavy atom. The van der Waals surface area contributed by atoms with E-state index in [1.165, 1.54) is 6.33 Å². The van der Waals surface area contributed by atoms with Gasteiger partial charge in [-0.1, -0.05) is 6.07 Å². The molecule has 1 aliphatic heterocycles. The van der Waals surface area contributed by atoms with Crippen molar-refractivity contribution >= 4 is 16.9 Å². The Balaban J connectivity index is 1.72. The molecular weight excluding hydrogens is 396 g/mol. The number of anilines is 1. The molecule has 0 fully saturated rings. The van der Waals surface area contributed by atoms with Gasteiger partial charge in [-0.15, -0.1) is 0 Å². The van der Waals surface area contributed by atoms with Crippen LogP contribution in [0.5, 0.6) is 23.0 Å². The third kappa shape index (κ3) is 3.31. The second-order valence-electron chi connectivity index (χ2n) is 6.88. The fourth-order valence-corrected chi connectivity index (χ4v) is 3.63. The topological polar surface area (TPSA) is 102 Å². The van der Waals surface area contributed by atoms with Crippen molar-refractivity contribution in [2.24, 2.45) is 0 Å². The molecule has 0 bridgehead atoms. The van der Waals surface area contributed by atoms with Gasteiger partial charge in [-0.3, -0.25) is 0 Å². The van der Waals surface area contributed by atoms with Crippen LogP contribution in [0, 0.1) is 0 Å². The van der Waals surface area contributed by atoms with Crippen LogP contribution in [-0.4, -0.2) is 35.5 Å². The zero-order valence-electron chi connectivity index (χ0n) is 17.1. The van der Waals surface area contributed by atoms with Gasteiger partial charge in [-0.2, -0.15) is 0 Å². The number of rotatable bonds is 5. The molecular formula is C23H20N4O4. The van der Waals surface area contributed by atoms with E-state index in [0.717, 1.165) is 22.4 Å². The lowest BCUT2D eigenvalue weighted by Crippen LogP contribution is -1.99. The predicted octanol–water partition coefficient (Wildman–Crippen LogP) is 4.08. The fraction of sp³-hybridized carbons (Fsp3) is 0.174. The van der Waals surface area contributed by atoms with Gasteiger partial charge in [0.15, 0.2) is 28.6 Å². The average molecular weight is 416 g/mol. The lowest BCUT2D eigenvalue weighted by atomic mass is 9.99. The summed E-state index contributed by atoms with van der Waals surface area (Å²) >= 11 is 0. The Morgan fingerprint density at radius 1 is 0.968 bits per heavy atom. The summed E-state index contributed by atoms with van der Waals surface area (Å²) in [4.78, 5) is 13.3. The van der Waals surface area contributed by atoms with Crippen LogP contribution in [-0.2, 0) is 0 Å². The van der Waals surface area contributed by atoms with E-state index in [2.05, 4.69) is 9.97 Å². The molecule has 2 aromatic carbocycles. The third-order valence-corrected chi connectivity index (χ3v) is 5.08. The summed E-state index contributed by atoms with van der Waals surface area (Å²) < 4.78 is 22.1. The standard InChI is InChI=1S/C23H20N4O4/c1-3-29-17-6-4-13(8-19(17)28-2)15-10-16(27-23-21(15)22(24)25-11-26-23)14-5-7-18-20(9-14)31-12-30-18/h4-11H,3,12H2,1-2H3,(H2,24,25,26,27). The maximum Gasteiger partial charge on any atom is 0.231 e. The lowest BCUT2D eigenvalue weighted by Gasteiger charge is -2.14. The molecule has 2 aromatic heterocycles. The smallest absolute Gasteiger partial charge is 0.231 e. The van der Waals surface area contributed by atoms with Gasteiger partial charge in [0.1, 0.15) is 12.1 Å². The highest BCUT2D eigenvalue weighted by atomic mass is 16.7. The Hall–Kier alpha value is -4.07. The Morgan fingerprint density at radius 2 is 1.81 bits per heavy atom. The van der Waals surface area contributed by atoms with E-state index in [1.807, 2.05) is 49.4 Å². The van der Waals surface area contributed by atoms with Crippen molar-refractivity contribution in [1.82, 2.24) is 15.0 Å². The van der Waals surface area contributed by atoms with Gasteiger partial charge in [-0.25, -0.2) is 15.0 Å². The quantitative estimate of drug-likeness (QED) is 0.519. The Bertz CT molecular complexity index is 1290. The van der Waals surface area contributed by atoms with Crippen molar-refractivity contribution in [2.45, 2.75) is 6.92 Å². The predicted molar refractivity (Wildman–Crippen MR) is 116 cm³/mol. The van der Waals surface area contributed by atoms with Crippen LogP contribution in [0.4, 0.5) is 5.82 Å². The van der Waals surface area contributed by atoms with Crippen molar-refractivity contribution in [3.05, 3.63) is 48.8 Å². The third-order valence-electron chi connectivity index (χ3n) is 5.08. The van der Waals surface area contributed by atoms with E-state index in [0.29, 0.717) is 46.5 Å². The summed E-state index contributed by atoms with van der Waals surface area (Å²) in [6.07, 6.45) is 1.41. The zero-order valence-corrected chi connectivity index (χ0v) is 17.1. The van der Waals surface area contributed by atoms with Gasteiger partial charge in [0.25, 0.3) is 0 Å². The molecule has 0 aliphatic carbocycles. The minimum atomic E-state index is 0.213. The van der Waals surface area contributed by atoms with Crippen molar-refractivity contribution in [3.63, 3.8) is 0 Å². The highest BCUT2D eigenvalue weighted by Crippen LogP contribution is 2.40. The first kappa shape index (κ1) is 18.9. The van der Waals surface area contributed by atoms with Crippen molar-refractivity contribution in [3.8, 4) is 45.4 Å². The molecule has 0 amide bonds. The monoisotopic (exact) mass is 416 g/mol. The van der Waals surface area contributed by atoms with Crippen LogP contribution in [0.25, 0.3) is 33.4 Å². The van der Waals surface area contributed by atoms with E-state index in [1.54, 1.807) is 7.11 Å². The highest BCUT2D eigenvalue weighted by Gasteiger charge is 2.18. The van der Waals surface area contributed by atoms with Crippen LogP contribution in [0.15, 0.2) is 48.8 Å². The van der Waals surface area contributed by atoms with Crippen molar-refractivity contribution in [1.29, 1.82) is 0 Å². The summed E-state index contributed by atoms with van der Waals surface area (Å²) in [5, 5.41) is 0.679. The van der Waals surface area contributed by atoms with E-state index in [-0.39, 0.29) is 6.79 Å². The number of nitrogens with two attached hydrogens (primary N) is 1. The zero-order chi connectivity index (χ0) is 21.4. The average Bonchev–Trinajstić information content (AvgIpc) is 3.27. The van der Waals surface area contributed by atoms with Crippen LogP contribution in [0.3, 0.4) is 0 Å². The number of benzene rings is 2. The van der Waals surface area contributed by atoms with Crippen LogP contribution >= 0.6 is 0 Å². The minimum absolute atomic E-state index is 0.213. The van der Waals surface area contributed by atoms with Crippen LogP contribution in [0.1, 0.15) is 6.92 Å². The lowest BCUT2D eigenvalue weighted by molar-refractivity contribution is 0.174. The van der Waals surface area contributed by atoms with Gasteiger partial charge in [0.05, 0.1) is 24.8 Å². The van der Waals surface area contributed by atoms with Crippen LogP contribution < -0.4 is 24.7 Å². The Kier molecular flexibility index (Phi) is 4.66. The van der Waals surface area contributed by atoms with Gasteiger partial charge in [0.2, 0.25) is 6.79 Å². The maximum absolute atomic E-state index is 6.22. The van der Waals surface area contributed by atoms with E-state index >= 15 is 0 Å². The van der Waals surface area contributed by atoms with Crippen molar-refractivity contribution < 1.29 is 18.9 Å². The number of ether oxygens (including phenoxy) is 4. The molecule has 1 aliphatic rings. The number of nitrogen functional groups attached to an aromatic ring is 1. The molecule has 3 heterocycles. The molecule has 8 nitrogen and oxygen atoms in total. The molecule has 0 saturated heterocycles. The summed E-state index contributed by atoms with van der Waals surface area (Å²) in [5.74, 6) is 3.06. The largest absolute Gasteiger partial charge is 0.493 e. The number of pyridine rings is 1. The van der Waals surface area contributed by atoms with E-state index in [4.69, 9.17) is 29.7 Å². The highest BCUT2D eigenvalue weighted by molar-refractivity contribution is 6.01. The molecule has 156 valence electrons. The van der Waals surface area contributed by atoms with Crippen molar-refractivity contribution in [2.75, 3.05) is 26.2 Å². The molecule has 5 rings (SSSR count). The van der Waals surface area contributed by atoms with Gasteiger partial charge in [0, 0.05) is 5.56 Å². The molecule has 0 spiro atoms. The fourth-order valence-electron chi connectivity index (χ4n) is 3.63. The van der Waals surface area contributed by atoms with E-state index in [9.17, 15) is 0 Å². The van der Waals surface area contributed by atoms with Crippen LogP contribution in [0.2, 0.25) is 0 Å². The summed E-state index contributed by atoms with van der Waals surface area (Å²) in [5.41, 5.74) is 10.1. The molecule has 31 heavy (non-hydrogen) atoms. The molecule has 4 aromatic rings. The molecule has 0 atom stereocenters. The second-order valence-corrected chi connectivity index (χ2v) is 6.88. The molecule has 0 saturated carbocycles. The molecule has 2 N–H and O–H groups in total. The summed E-state index contributed by atoms with van der Waals surface area (Å²) in [6.45, 7) is 2.69. The molecule has 8 heteroatoms. The summed E-state index contributed by atoms with van der Waals surface area (Å²) in [6, 6.07) is 13.4. The number of hydrogen-bond donors (Lipinski definition) is 1. The first-order valence-electron chi connectivity index (χ1n) is 9.80. The van der Waals surface area contributed by atoms with E-state index < -0.39 is 0 Å². The number of fused-ring (bicyclic) bond motifs is 2. The Labute approximate surface area is 178 Å². The number of methoxy groups -OCH3 is 1. The number of nitrogens with zero attached hydrogens (tertiary/aromatic N) is 3. The number of aromatic nitrogens is 3. The number of hydrogen-bond acceptors (Lipinski definition) is 8. The first-order valence-corrected chi connectivity index (χ1v) is 9.80. The van der Waals surface area contributed by atoms with Gasteiger partial charge >= 0.3 is 0 Å².